The molecule has 0 aliphatic carbocycles. The van der Waals surface area contributed by atoms with E-state index in [2.05, 4.69) is 0 Å². The van der Waals surface area contributed by atoms with Gasteiger partial charge in [-0.05, 0) is 38.8 Å². The van der Waals surface area contributed by atoms with Crippen molar-refractivity contribution in [2.75, 3.05) is 5.75 Å². The maximum Gasteiger partial charge on any atom is 0.316 e. The standard InChI is InChI=1S/C17H24O3S/c1-5-13(6-2)17(19)14-7-9-15(10-8-14)21-11-16(18)20-12(3)4/h7-10,12-13H,5-6,11H2,1-4H3. The van der Waals surface area contributed by atoms with Gasteiger partial charge in [0.1, 0.15) is 0 Å². The molecule has 0 amide bonds. The van der Waals surface area contributed by atoms with Crippen LogP contribution in [0.1, 0.15) is 50.9 Å². The normalized spacial score (nSPS) is 11.0. The summed E-state index contributed by atoms with van der Waals surface area (Å²) in [5.41, 5.74) is 0.748. The molecule has 0 spiro atoms. The molecule has 1 aromatic carbocycles. The summed E-state index contributed by atoms with van der Waals surface area (Å²) in [5, 5.41) is 0. The van der Waals surface area contributed by atoms with E-state index in [1.54, 1.807) is 0 Å². The third-order valence-corrected chi connectivity index (χ3v) is 4.20. The third-order valence-electron chi connectivity index (χ3n) is 3.22. The van der Waals surface area contributed by atoms with Crippen LogP contribution in [0.2, 0.25) is 0 Å². The van der Waals surface area contributed by atoms with E-state index in [4.69, 9.17) is 4.74 Å². The van der Waals surface area contributed by atoms with Gasteiger partial charge in [0.2, 0.25) is 0 Å². The van der Waals surface area contributed by atoms with Crippen molar-refractivity contribution in [1.29, 1.82) is 0 Å². The fraction of sp³-hybridized carbons (Fsp3) is 0.529. The highest BCUT2D eigenvalue weighted by Gasteiger charge is 2.16. The molecule has 1 aromatic rings. The molecule has 0 saturated carbocycles. The molecule has 0 bridgehead atoms. The van der Waals surface area contributed by atoms with E-state index in [0.29, 0.717) is 0 Å². The van der Waals surface area contributed by atoms with Crippen molar-refractivity contribution >= 4 is 23.5 Å². The molecule has 0 radical (unpaired) electrons. The van der Waals surface area contributed by atoms with Crippen LogP contribution in [0.15, 0.2) is 29.2 Å². The highest BCUT2D eigenvalue weighted by molar-refractivity contribution is 8.00. The maximum absolute atomic E-state index is 12.2. The van der Waals surface area contributed by atoms with E-state index >= 15 is 0 Å². The van der Waals surface area contributed by atoms with Gasteiger partial charge >= 0.3 is 5.97 Å². The van der Waals surface area contributed by atoms with Gasteiger partial charge in [0.05, 0.1) is 11.9 Å². The van der Waals surface area contributed by atoms with Crippen LogP contribution in [-0.2, 0) is 9.53 Å². The van der Waals surface area contributed by atoms with Crippen LogP contribution >= 0.6 is 11.8 Å². The van der Waals surface area contributed by atoms with E-state index in [-0.39, 0.29) is 29.5 Å². The van der Waals surface area contributed by atoms with E-state index in [1.807, 2.05) is 52.0 Å². The zero-order chi connectivity index (χ0) is 15.8. The van der Waals surface area contributed by atoms with Crippen LogP contribution in [0.3, 0.4) is 0 Å². The number of ketones is 1. The van der Waals surface area contributed by atoms with Crippen molar-refractivity contribution in [3.05, 3.63) is 29.8 Å². The molecule has 3 nitrogen and oxygen atoms in total. The molecular weight excluding hydrogens is 284 g/mol. The van der Waals surface area contributed by atoms with Crippen LogP contribution in [0.25, 0.3) is 0 Å². The Balaban J connectivity index is 2.58. The average Bonchev–Trinajstić information content (AvgIpc) is 2.46. The van der Waals surface area contributed by atoms with Crippen molar-refractivity contribution in [1.82, 2.24) is 0 Å². The Labute approximate surface area is 131 Å². The van der Waals surface area contributed by atoms with Gasteiger partial charge in [-0.1, -0.05) is 26.0 Å². The Bertz CT molecular complexity index is 461. The first-order chi connectivity index (χ1) is 9.97. The minimum Gasteiger partial charge on any atom is -0.462 e. The summed E-state index contributed by atoms with van der Waals surface area (Å²) in [6, 6.07) is 7.47. The number of hydrogen-bond donors (Lipinski definition) is 0. The SMILES string of the molecule is CCC(CC)C(=O)c1ccc(SCC(=O)OC(C)C)cc1. The first-order valence-electron chi connectivity index (χ1n) is 7.44. The zero-order valence-electron chi connectivity index (χ0n) is 13.2. The van der Waals surface area contributed by atoms with Gasteiger partial charge in [-0.2, -0.15) is 0 Å². The van der Waals surface area contributed by atoms with E-state index in [9.17, 15) is 9.59 Å². The number of Topliss-reactive ketones (excluding diaryl/α,β-unsaturated/α-hetero) is 1. The molecule has 0 atom stereocenters. The third kappa shape index (κ3) is 5.92. The number of hydrogen-bond acceptors (Lipinski definition) is 4. The summed E-state index contributed by atoms with van der Waals surface area (Å²) in [7, 11) is 0. The molecule has 116 valence electrons. The lowest BCUT2D eigenvalue weighted by Crippen LogP contribution is -2.13. The van der Waals surface area contributed by atoms with Crippen LogP contribution in [0.4, 0.5) is 0 Å². The Morgan fingerprint density at radius 1 is 1.10 bits per heavy atom. The lowest BCUT2D eigenvalue weighted by molar-refractivity contribution is -0.144. The second-order valence-electron chi connectivity index (χ2n) is 5.23. The molecule has 1 rings (SSSR count). The van der Waals surface area contributed by atoms with Crippen LogP contribution < -0.4 is 0 Å². The number of esters is 1. The van der Waals surface area contributed by atoms with Gasteiger partial charge < -0.3 is 4.74 Å². The molecule has 4 heteroatoms. The predicted molar refractivity (Wildman–Crippen MR) is 86.8 cm³/mol. The fourth-order valence-corrected chi connectivity index (χ4v) is 2.73. The molecule has 0 saturated heterocycles. The lowest BCUT2D eigenvalue weighted by Gasteiger charge is -2.11. The number of ether oxygens (including phenoxy) is 1. The van der Waals surface area contributed by atoms with Crippen LogP contribution in [0, 0.1) is 5.92 Å². The maximum atomic E-state index is 12.2. The van der Waals surface area contributed by atoms with Crippen LogP contribution in [-0.4, -0.2) is 23.6 Å². The predicted octanol–water partition coefficient (Wildman–Crippen LogP) is 4.35. The summed E-state index contributed by atoms with van der Waals surface area (Å²) in [6.45, 7) is 7.74. The van der Waals surface area contributed by atoms with Gasteiger partial charge in [0.15, 0.2) is 5.78 Å². The Kier molecular flexibility index (Phi) is 7.51. The second-order valence-corrected chi connectivity index (χ2v) is 6.28. The van der Waals surface area contributed by atoms with Crippen molar-refractivity contribution < 1.29 is 14.3 Å². The monoisotopic (exact) mass is 308 g/mol. The molecule has 0 aliphatic rings. The van der Waals surface area contributed by atoms with Crippen molar-refractivity contribution in [3.63, 3.8) is 0 Å². The lowest BCUT2D eigenvalue weighted by atomic mass is 9.93. The zero-order valence-corrected chi connectivity index (χ0v) is 14.0. The number of benzene rings is 1. The summed E-state index contributed by atoms with van der Waals surface area (Å²) >= 11 is 1.42. The largest absolute Gasteiger partial charge is 0.462 e. The summed E-state index contributed by atoms with van der Waals surface area (Å²) < 4.78 is 5.08. The van der Waals surface area contributed by atoms with Gasteiger partial charge in [0.25, 0.3) is 0 Å². The minimum absolute atomic E-state index is 0.0851. The van der Waals surface area contributed by atoms with Crippen LogP contribution in [0.5, 0.6) is 0 Å². The number of carbonyl (C=O) groups is 2. The number of rotatable bonds is 8. The van der Waals surface area contributed by atoms with Crippen molar-refractivity contribution in [2.24, 2.45) is 5.92 Å². The summed E-state index contributed by atoms with van der Waals surface area (Å²) in [4.78, 5) is 24.7. The van der Waals surface area contributed by atoms with Gasteiger partial charge in [-0.15, -0.1) is 11.8 Å². The van der Waals surface area contributed by atoms with Gasteiger partial charge in [0, 0.05) is 16.4 Å². The Morgan fingerprint density at radius 3 is 2.14 bits per heavy atom. The first-order valence-corrected chi connectivity index (χ1v) is 8.43. The number of thioether (sulfide) groups is 1. The van der Waals surface area contributed by atoms with Crippen molar-refractivity contribution in [3.8, 4) is 0 Å². The van der Waals surface area contributed by atoms with E-state index in [1.165, 1.54) is 11.8 Å². The van der Waals surface area contributed by atoms with Gasteiger partial charge in [-0.25, -0.2) is 0 Å². The first kappa shape index (κ1) is 17.8. The van der Waals surface area contributed by atoms with Crippen molar-refractivity contribution in [2.45, 2.75) is 51.5 Å². The van der Waals surface area contributed by atoms with Gasteiger partial charge in [-0.3, -0.25) is 9.59 Å². The minimum atomic E-state index is -0.216. The molecule has 0 N–H and O–H groups in total. The highest BCUT2D eigenvalue weighted by atomic mass is 32.2. The molecule has 0 fully saturated rings. The average molecular weight is 308 g/mol. The fourth-order valence-electron chi connectivity index (χ4n) is 2.05. The Hall–Kier alpha value is -1.29. The molecule has 0 aliphatic heterocycles. The second kappa shape index (κ2) is 8.88. The molecule has 0 heterocycles. The summed E-state index contributed by atoms with van der Waals surface area (Å²) in [6.07, 6.45) is 1.65. The Morgan fingerprint density at radius 2 is 1.67 bits per heavy atom. The topological polar surface area (TPSA) is 43.4 Å². The molecule has 21 heavy (non-hydrogen) atoms. The molecular formula is C17H24O3S. The van der Waals surface area contributed by atoms with E-state index in [0.717, 1.165) is 23.3 Å². The quantitative estimate of drug-likeness (QED) is 0.407. The number of carbonyl (C=O) groups excluding carboxylic acids is 2. The summed E-state index contributed by atoms with van der Waals surface area (Å²) in [5.74, 6) is 0.380. The molecule has 0 aromatic heterocycles. The highest BCUT2D eigenvalue weighted by Crippen LogP contribution is 2.21. The molecule has 0 unspecified atom stereocenters. The smallest absolute Gasteiger partial charge is 0.316 e. The van der Waals surface area contributed by atoms with E-state index < -0.39 is 0 Å².